The number of hydrogen-bond donors (Lipinski definition) is 0. The second-order valence-electron chi connectivity index (χ2n) is 7.14. The van der Waals surface area contributed by atoms with Crippen LogP contribution in [0, 0.1) is 0 Å². The van der Waals surface area contributed by atoms with Crippen molar-refractivity contribution in [2.24, 2.45) is 9.98 Å². The molecular formula is C28H28N2O2. The molecule has 0 spiro atoms. The van der Waals surface area contributed by atoms with Gasteiger partial charge in [0.05, 0.1) is 25.6 Å². The van der Waals surface area contributed by atoms with Gasteiger partial charge in [-0.1, -0.05) is 48.6 Å². The molecule has 162 valence electrons. The van der Waals surface area contributed by atoms with E-state index in [1.54, 1.807) is 14.2 Å². The van der Waals surface area contributed by atoms with Crippen LogP contribution in [0.3, 0.4) is 0 Å². The third-order valence-electron chi connectivity index (χ3n) is 4.87. The molecule has 0 atom stereocenters. The molecule has 0 saturated carbocycles. The molecule has 0 amide bonds. The summed E-state index contributed by atoms with van der Waals surface area (Å²) in [5.74, 6) is 1.61. The number of allylic oxidation sites excluding steroid dienone is 3. The molecule has 0 aromatic heterocycles. The Morgan fingerprint density at radius 1 is 0.656 bits per heavy atom. The Hall–Kier alpha value is -3.92. The minimum Gasteiger partial charge on any atom is -0.497 e. The van der Waals surface area contributed by atoms with E-state index < -0.39 is 0 Å². The summed E-state index contributed by atoms with van der Waals surface area (Å²) < 4.78 is 10.5. The molecule has 0 saturated heterocycles. The SMILES string of the molecule is COc1ccc(N=C(C)C(=C/C=C/c2ccccc2)C(C)=Nc2ccc(OC)cc2)cc1. The van der Waals surface area contributed by atoms with Gasteiger partial charge in [-0.15, -0.1) is 0 Å². The molecular weight excluding hydrogens is 396 g/mol. The quantitative estimate of drug-likeness (QED) is 0.283. The van der Waals surface area contributed by atoms with Crippen molar-refractivity contribution in [1.29, 1.82) is 0 Å². The van der Waals surface area contributed by atoms with E-state index in [-0.39, 0.29) is 0 Å². The van der Waals surface area contributed by atoms with Gasteiger partial charge in [0.1, 0.15) is 11.5 Å². The highest BCUT2D eigenvalue weighted by molar-refractivity contribution is 6.24. The van der Waals surface area contributed by atoms with Crippen molar-refractivity contribution >= 4 is 28.9 Å². The molecule has 4 heteroatoms. The number of nitrogens with zero attached hydrogens (tertiary/aromatic N) is 2. The second-order valence-corrected chi connectivity index (χ2v) is 7.14. The minimum absolute atomic E-state index is 0.806. The third kappa shape index (κ3) is 6.54. The maximum absolute atomic E-state index is 5.24. The molecule has 3 aromatic carbocycles. The summed E-state index contributed by atoms with van der Waals surface area (Å²) in [6.07, 6.45) is 6.16. The van der Waals surface area contributed by atoms with Crippen LogP contribution in [-0.2, 0) is 0 Å². The first-order chi connectivity index (χ1) is 15.6. The molecule has 4 nitrogen and oxygen atoms in total. The fourth-order valence-electron chi connectivity index (χ4n) is 3.14. The number of aliphatic imine (C=N–C) groups is 2. The fourth-order valence-corrected chi connectivity index (χ4v) is 3.14. The van der Waals surface area contributed by atoms with E-state index in [9.17, 15) is 0 Å². The van der Waals surface area contributed by atoms with Gasteiger partial charge in [-0.25, -0.2) is 0 Å². The Morgan fingerprint density at radius 3 is 1.56 bits per heavy atom. The molecule has 0 heterocycles. The molecule has 0 aliphatic rings. The second kappa shape index (κ2) is 11.5. The zero-order valence-electron chi connectivity index (χ0n) is 18.9. The van der Waals surface area contributed by atoms with E-state index in [1.807, 2.05) is 86.7 Å². The van der Waals surface area contributed by atoms with Gasteiger partial charge in [0.15, 0.2) is 0 Å². The van der Waals surface area contributed by atoms with Crippen LogP contribution < -0.4 is 9.47 Å². The van der Waals surface area contributed by atoms with Crippen molar-refractivity contribution in [3.05, 3.63) is 102 Å². The van der Waals surface area contributed by atoms with E-state index in [2.05, 4.69) is 24.3 Å². The number of rotatable bonds is 8. The first-order valence-electron chi connectivity index (χ1n) is 10.4. The van der Waals surface area contributed by atoms with Gasteiger partial charge in [0.2, 0.25) is 0 Å². The molecule has 0 aliphatic carbocycles. The van der Waals surface area contributed by atoms with E-state index in [4.69, 9.17) is 19.5 Å². The van der Waals surface area contributed by atoms with Gasteiger partial charge in [-0.3, -0.25) is 9.98 Å². The predicted octanol–water partition coefficient (Wildman–Crippen LogP) is 7.23. The lowest BCUT2D eigenvalue weighted by molar-refractivity contribution is 0.415. The topological polar surface area (TPSA) is 43.2 Å². The smallest absolute Gasteiger partial charge is 0.119 e. The van der Waals surface area contributed by atoms with Crippen LogP contribution in [0.15, 0.2) is 107 Å². The Morgan fingerprint density at radius 2 is 1.12 bits per heavy atom. The van der Waals surface area contributed by atoms with Gasteiger partial charge < -0.3 is 9.47 Å². The van der Waals surface area contributed by atoms with E-state index in [0.29, 0.717) is 0 Å². The monoisotopic (exact) mass is 424 g/mol. The largest absolute Gasteiger partial charge is 0.497 e. The molecule has 32 heavy (non-hydrogen) atoms. The summed E-state index contributed by atoms with van der Waals surface area (Å²) in [6, 6.07) is 25.6. The van der Waals surface area contributed by atoms with E-state index in [0.717, 1.165) is 45.4 Å². The van der Waals surface area contributed by atoms with Crippen LogP contribution >= 0.6 is 0 Å². The van der Waals surface area contributed by atoms with Crippen LogP contribution in [0.4, 0.5) is 11.4 Å². The van der Waals surface area contributed by atoms with Crippen molar-refractivity contribution in [3.63, 3.8) is 0 Å². The summed E-state index contributed by atoms with van der Waals surface area (Å²) >= 11 is 0. The maximum atomic E-state index is 5.24. The highest BCUT2D eigenvalue weighted by Crippen LogP contribution is 2.22. The Kier molecular flexibility index (Phi) is 8.15. The van der Waals surface area contributed by atoms with Crippen molar-refractivity contribution in [2.45, 2.75) is 13.8 Å². The van der Waals surface area contributed by atoms with Gasteiger partial charge in [-0.05, 0) is 67.9 Å². The third-order valence-corrected chi connectivity index (χ3v) is 4.87. The van der Waals surface area contributed by atoms with Gasteiger partial charge in [0.25, 0.3) is 0 Å². The van der Waals surface area contributed by atoms with Crippen LogP contribution in [0.5, 0.6) is 11.5 Å². The van der Waals surface area contributed by atoms with E-state index >= 15 is 0 Å². The summed E-state index contributed by atoms with van der Waals surface area (Å²) in [5, 5.41) is 0. The predicted molar refractivity (Wildman–Crippen MR) is 135 cm³/mol. The summed E-state index contributed by atoms with van der Waals surface area (Å²) in [5.41, 5.74) is 5.57. The molecule has 0 bridgehead atoms. The van der Waals surface area contributed by atoms with Crippen LogP contribution in [0.1, 0.15) is 19.4 Å². The summed E-state index contributed by atoms with van der Waals surface area (Å²) in [6.45, 7) is 4.00. The summed E-state index contributed by atoms with van der Waals surface area (Å²) in [7, 11) is 3.31. The molecule has 0 aliphatic heterocycles. The van der Waals surface area contributed by atoms with Crippen molar-refractivity contribution in [2.75, 3.05) is 14.2 Å². The minimum atomic E-state index is 0.806. The van der Waals surface area contributed by atoms with Crippen molar-refractivity contribution in [1.82, 2.24) is 0 Å². The van der Waals surface area contributed by atoms with Crippen molar-refractivity contribution in [3.8, 4) is 11.5 Å². The molecule has 0 N–H and O–H groups in total. The Bertz CT molecular complexity index is 1060. The summed E-state index contributed by atoms with van der Waals surface area (Å²) in [4.78, 5) is 9.62. The average molecular weight is 425 g/mol. The number of methoxy groups -OCH3 is 2. The number of ether oxygens (including phenoxy) is 2. The number of benzene rings is 3. The van der Waals surface area contributed by atoms with Gasteiger partial charge in [-0.2, -0.15) is 0 Å². The normalized spacial score (nSPS) is 12.0. The van der Waals surface area contributed by atoms with Crippen LogP contribution in [0.25, 0.3) is 6.08 Å². The average Bonchev–Trinajstić information content (AvgIpc) is 2.83. The highest BCUT2D eigenvalue weighted by atomic mass is 16.5. The molecule has 0 radical (unpaired) electrons. The fraction of sp³-hybridized carbons (Fsp3) is 0.143. The number of hydrogen-bond acceptors (Lipinski definition) is 4. The first kappa shape index (κ1) is 22.8. The molecule has 3 rings (SSSR count). The zero-order chi connectivity index (χ0) is 22.8. The van der Waals surface area contributed by atoms with Crippen molar-refractivity contribution < 1.29 is 9.47 Å². The zero-order valence-corrected chi connectivity index (χ0v) is 18.9. The van der Waals surface area contributed by atoms with E-state index in [1.165, 1.54) is 0 Å². The van der Waals surface area contributed by atoms with Crippen LogP contribution in [-0.4, -0.2) is 25.6 Å². The van der Waals surface area contributed by atoms with Gasteiger partial charge in [0, 0.05) is 17.0 Å². The lowest BCUT2D eigenvalue weighted by atomic mass is 10.1. The molecule has 0 fully saturated rings. The standard InChI is InChI=1S/C28H28N2O2/c1-21(29-24-13-17-26(31-3)18-14-24)28(12-8-11-23-9-6-5-7-10-23)22(2)30-25-15-19-27(32-4)20-16-25/h5-20H,1-4H3/b11-8+,28-12?,29-21?,30-22?. The molecule has 0 unspecified atom stereocenters. The highest BCUT2D eigenvalue weighted by Gasteiger charge is 2.07. The Labute approximate surface area is 190 Å². The lowest BCUT2D eigenvalue weighted by Crippen LogP contribution is -2.06. The maximum Gasteiger partial charge on any atom is 0.119 e. The first-order valence-corrected chi connectivity index (χ1v) is 10.4. The molecule has 3 aromatic rings. The van der Waals surface area contributed by atoms with Crippen LogP contribution in [0.2, 0.25) is 0 Å². The van der Waals surface area contributed by atoms with Gasteiger partial charge >= 0.3 is 0 Å². The lowest BCUT2D eigenvalue weighted by Gasteiger charge is -2.08. The Balaban J connectivity index is 1.94.